The monoisotopic (exact) mass is 444 g/mol. The van der Waals surface area contributed by atoms with Gasteiger partial charge < -0.3 is 4.74 Å². The number of alkyl halides is 12. The number of carbonyl (C=O) groups is 2. The van der Waals surface area contributed by atoms with Crippen molar-refractivity contribution in [3.8, 4) is 0 Å². The quantitative estimate of drug-likeness (QED) is 0.291. The number of rotatable bonds is 8. The number of hydrogen-bond donors (Lipinski definition) is 0. The predicted octanol–water partition coefficient (Wildman–Crippen LogP) is 5.28. The number of carbonyl (C=O) groups excluding carboxylic acids is 2. The van der Waals surface area contributed by atoms with Gasteiger partial charge in [-0.1, -0.05) is 0 Å². The highest BCUT2D eigenvalue weighted by Gasteiger charge is 2.60. The maximum Gasteiger partial charge on any atom is 0.434 e. The minimum absolute atomic E-state index is 0.543. The van der Waals surface area contributed by atoms with Crippen molar-refractivity contribution >= 4 is 11.8 Å². The Bertz CT molecular complexity index is 453. The maximum atomic E-state index is 12.3. The normalized spacial score (nSPS) is 13.9. The third-order valence-corrected chi connectivity index (χ3v) is 3.15. The largest absolute Gasteiger partial charge is 0.443 e. The lowest BCUT2D eigenvalue weighted by molar-refractivity contribution is -0.313. The second kappa shape index (κ2) is 9.20. The highest BCUT2D eigenvalue weighted by molar-refractivity contribution is 5.78. The molecule has 0 aliphatic carbocycles. The van der Waals surface area contributed by atoms with Crippen molar-refractivity contribution < 1.29 is 67.0 Å². The van der Waals surface area contributed by atoms with Crippen LogP contribution in [0.4, 0.5) is 52.7 Å². The molecule has 0 aliphatic rings. The van der Waals surface area contributed by atoms with E-state index in [1.54, 1.807) is 0 Å². The zero-order valence-corrected chi connectivity index (χ0v) is 13.5. The fraction of sp³-hybridized carbons (Fsp3) is 0.846. The SMILES string of the molecule is O=C(CCCCC(=O)OC(C(F)(F)F)C(F)(F)F)CC(C(F)(F)F)C(F)(F)F. The molecule has 0 spiro atoms. The first kappa shape index (κ1) is 26.3. The molecule has 0 aromatic rings. The van der Waals surface area contributed by atoms with Gasteiger partial charge in [-0.05, 0) is 12.8 Å². The summed E-state index contributed by atoms with van der Waals surface area (Å²) in [5.41, 5.74) is 0. The molecule has 3 nitrogen and oxygen atoms in total. The summed E-state index contributed by atoms with van der Waals surface area (Å²) in [6.07, 6.45) is -32.7. The Balaban J connectivity index is 4.52. The van der Waals surface area contributed by atoms with Gasteiger partial charge in [0.2, 0.25) is 0 Å². The molecule has 0 fully saturated rings. The van der Waals surface area contributed by atoms with Crippen molar-refractivity contribution in [3.05, 3.63) is 0 Å². The molecule has 0 aromatic heterocycles. The number of halogens is 12. The maximum absolute atomic E-state index is 12.3. The van der Waals surface area contributed by atoms with Crippen LogP contribution >= 0.6 is 0 Å². The highest BCUT2D eigenvalue weighted by Crippen LogP contribution is 2.41. The second-order valence-electron chi connectivity index (χ2n) is 5.54. The third-order valence-electron chi connectivity index (χ3n) is 3.15. The van der Waals surface area contributed by atoms with Gasteiger partial charge >= 0.3 is 30.7 Å². The number of esters is 1. The third kappa shape index (κ3) is 9.48. The second-order valence-corrected chi connectivity index (χ2v) is 5.54. The Morgan fingerprint density at radius 3 is 1.39 bits per heavy atom. The molecule has 28 heavy (non-hydrogen) atoms. The van der Waals surface area contributed by atoms with Crippen LogP contribution in [0.15, 0.2) is 0 Å². The van der Waals surface area contributed by atoms with Crippen molar-refractivity contribution in [2.45, 2.75) is 62.9 Å². The molecule has 0 radical (unpaired) electrons. The number of Topliss-reactive ketones (excluding diaryl/α,β-unsaturated/α-hetero) is 1. The Labute approximate surface area is 149 Å². The van der Waals surface area contributed by atoms with Gasteiger partial charge in [0.25, 0.3) is 6.10 Å². The van der Waals surface area contributed by atoms with Gasteiger partial charge in [-0.25, -0.2) is 0 Å². The molecule has 0 heterocycles. The Morgan fingerprint density at radius 2 is 1.04 bits per heavy atom. The van der Waals surface area contributed by atoms with E-state index in [-0.39, 0.29) is 0 Å². The lowest BCUT2D eigenvalue weighted by atomic mass is 9.98. The van der Waals surface area contributed by atoms with E-state index < -0.39 is 80.6 Å². The fourth-order valence-electron chi connectivity index (χ4n) is 1.85. The van der Waals surface area contributed by atoms with Gasteiger partial charge in [-0.2, -0.15) is 52.7 Å². The summed E-state index contributed by atoms with van der Waals surface area (Å²) in [7, 11) is 0. The molecule has 0 bridgehead atoms. The first-order valence-corrected chi connectivity index (χ1v) is 7.24. The van der Waals surface area contributed by atoms with Gasteiger partial charge in [0.1, 0.15) is 5.78 Å². The summed E-state index contributed by atoms with van der Waals surface area (Å²) < 4.78 is 150. The molecule has 0 saturated heterocycles. The van der Waals surface area contributed by atoms with Crippen LogP contribution in [0.1, 0.15) is 32.1 Å². The summed E-state index contributed by atoms with van der Waals surface area (Å²) in [5, 5.41) is 0. The molecular formula is C13H12F12O3. The number of ether oxygens (including phenoxy) is 1. The zero-order valence-electron chi connectivity index (χ0n) is 13.5. The molecule has 0 rings (SSSR count). The number of hydrogen-bond acceptors (Lipinski definition) is 3. The van der Waals surface area contributed by atoms with Gasteiger partial charge in [0.15, 0.2) is 5.92 Å². The fourth-order valence-corrected chi connectivity index (χ4v) is 1.85. The predicted molar refractivity (Wildman–Crippen MR) is 65.7 cm³/mol. The summed E-state index contributed by atoms with van der Waals surface area (Å²) in [6, 6.07) is 0. The summed E-state index contributed by atoms with van der Waals surface area (Å²) in [5.74, 6) is -7.34. The number of unbranched alkanes of at least 4 members (excludes halogenated alkanes) is 1. The van der Waals surface area contributed by atoms with E-state index in [1.807, 2.05) is 0 Å². The molecule has 0 aliphatic heterocycles. The van der Waals surface area contributed by atoms with Crippen LogP contribution in [0.2, 0.25) is 0 Å². The van der Waals surface area contributed by atoms with Crippen LogP contribution in [0, 0.1) is 5.92 Å². The van der Waals surface area contributed by atoms with Crippen molar-refractivity contribution in [1.82, 2.24) is 0 Å². The topological polar surface area (TPSA) is 43.4 Å². The molecule has 0 aromatic carbocycles. The summed E-state index contributed by atoms with van der Waals surface area (Å²) in [4.78, 5) is 22.2. The van der Waals surface area contributed by atoms with Crippen molar-refractivity contribution in [2.75, 3.05) is 0 Å². The smallest absolute Gasteiger partial charge is 0.434 e. The van der Waals surface area contributed by atoms with Gasteiger partial charge in [0.05, 0.1) is 0 Å². The molecule has 0 atom stereocenters. The highest BCUT2D eigenvalue weighted by atomic mass is 19.4. The van der Waals surface area contributed by atoms with E-state index in [4.69, 9.17) is 0 Å². The Morgan fingerprint density at radius 1 is 0.643 bits per heavy atom. The zero-order chi connectivity index (χ0) is 22.6. The van der Waals surface area contributed by atoms with Crippen LogP contribution < -0.4 is 0 Å². The molecule has 0 unspecified atom stereocenters. The van der Waals surface area contributed by atoms with Crippen LogP contribution in [-0.4, -0.2) is 42.6 Å². The average Bonchev–Trinajstić information content (AvgIpc) is 2.42. The van der Waals surface area contributed by atoms with Gasteiger partial charge in [-0.15, -0.1) is 0 Å². The van der Waals surface area contributed by atoms with E-state index in [1.165, 1.54) is 0 Å². The number of ketones is 1. The minimum Gasteiger partial charge on any atom is -0.443 e. The van der Waals surface area contributed by atoms with Crippen LogP contribution in [0.5, 0.6) is 0 Å². The van der Waals surface area contributed by atoms with E-state index in [0.29, 0.717) is 0 Å². The van der Waals surface area contributed by atoms with Crippen molar-refractivity contribution in [2.24, 2.45) is 5.92 Å². The molecule has 0 saturated carbocycles. The molecule has 0 N–H and O–H groups in total. The minimum atomic E-state index is -5.94. The first-order valence-electron chi connectivity index (χ1n) is 7.24. The standard InChI is InChI=1S/C13H12F12O3/c14-10(15,16)7(11(17,18)19)5-6(26)3-1-2-4-8(27)28-9(12(20,21)22)13(23,24)25/h7,9H,1-5H2. The molecule has 166 valence electrons. The van der Waals surface area contributed by atoms with Crippen LogP contribution in [-0.2, 0) is 14.3 Å². The lowest BCUT2D eigenvalue weighted by Crippen LogP contribution is -2.45. The lowest BCUT2D eigenvalue weighted by Gasteiger charge is -2.23. The summed E-state index contributed by atoms with van der Waals surface area (Å²) >= 11 is 0. The van der Waals surface area contributed by atoms with E-state index in [2.05, 4.69) is 4.74 Å². The van der Waals surface area contributed by atoms with Gasteiger partial charge in [-0.3, -0.25) is 9.59 Å². The van der Waals surface area contributed by atoms with Gasteiger partial charge in [0, 0.05) is 19.3 Å². The first-order chi connectivity index (χ1) is 12.3. The Hall–Kier alpha value is -1.70. The van der Waals surface area contributed by atoms with Crippen molar-refractivity contribution in [3.63, 3.8) is 0 Å². The van der Waals surface area contributed by atoms with Crippen molar-refractivity contribution in [1.29, 1.82) is 0 Å². The molecule has 0 amide bonds. The average molecular weight is 444 g/mol. The van der Waals surface area contributed by atoms with E-state index >= 15 is 0 Å². The Kier molecular flexibility index (Phi) is 8.64. The van der Waals surface area contributed by atoms with E-state index in [9.17, 15) is 62.3 Å². The van der Waals surface area contributed by atoms with Crippen LogP contribution in [0.3, 0.4) is 0 Å². The summed E-state index contributed by atoms with van der Waals surface area (Å²) in [6.45, 7) is 0. The van der Waals surface area contributed by atoms with E-state index in [0.717, 1.165) is 0 Å². The van der Waals surface area contributed by atoms with Crippen LogP contribution in [0.25, 0.3) is 0 Å². The molecule has 15 heteroatoms. The molecular weight excluding hydrogens is 432 g/mol.